The van der Waals surface area contributed by atoms with Crippen LogP contribution in [0.2, 0.25) is 0 Å². The Morgan fingerprint density at radius 2 is 1.81 bits per heavy atom. The number of anilines is 1. The maximum absolute atomic E-state index is 4.92. The molecule has 1 heterocycles. The molecule has 0 bridgehead atoms. The zero-order valence-corrected chi connectivity index (χ0v) is 14.8. The van der Waals surface area contributed by atoms with Crippen LogP contribution in [0.1, 0.15) is 65.6 Å². The molecule has 1 N–H and O–H groups in total. The number of nitrogens with zero attached hydrogens (tertiary/aromatic N) is 2. The second kappa shape index (κ2) is 8.38. The van der Waals surface area contributed by atoms with E-state index < -0.39 is 0 Å². The Morgan fingerprint density at radius 1 is 1.10 bits per heavy atom. The Balaban J connectivity index is 3.08. The maximum atomic E-state index is 4.92. The predicted octanol–water partition coefficient (Wildman–Crippen LogP) is 4.12. The van der Waals surface area contributed by atoms with Gasteiger partial charge in [-0.2, -0.15) is 0 Å². The van der Waals surface area contributed by atoms with E-state index in [9.17, 15) is 0 Å². The Hall–Kier alpha value is -1.09. The van der Waals surface area contributed by atoms with Crippen LogP contribution in [0.25, 0.3) is 0 Å². The molecule has 120 valence electrons. The lowest BCUT2D eigenvalue weighted by molar-refractivity contribution is 0.564. The Morgan fingerprint density at radius 3 is 2.33 bits per heavy atom. The Labute approximate surface area is 131 Å². The first-order chi connectivity index (χ1) is 9.92. The monoisotopic (exact) mass is 291 g/mol. The first kappa shape index (κ1) is 18.0. The maximum Gasteiger partial charge on any atom is 0.129 e. The van der Waals surface area contributed by atoms with Gasteiger partial charge in [-0.3, -0.25) is 0 Å². The lowest BCUT2D eigenvalue weighted by atomic mass is 9.90. The first-order valence-electron chi connectivity index (χ1n) is 8.39. The van der Waals surface area contributed by atoms with Crippen molar-refractivity contribution in [3.8, 4) is 0 Å². The summed E-state index contributed by atoms with van der Waals surface area (Å²) in [5, 5.41) is 3.50. The van der Waals surface area contributed by atoms with E-state index in [1.54, 1.807) is 0 Å². The third-order valence-corrected chi connectivity index (χ3v) is 3.60. The topological polar surface area (TPSA) is 28.2 Å². The molecule has 0 aromatic carbocycles. The summed E-state index contributed by atoms with van der Waals surface area (Å²) in [5.41, 5.74) is 2.61. The number of rotatable bonds is 8. The Kier molecular flexibility index (Phi) is 7.16. The molecule has 3 heteroatoms. The number of hydrogen-bond acceptors (Lipinski definition) is 3. The molecule has 0 fully saturated rings. The molecule has 0 aliphatic heterocycles. The van der Waals surface area contributed by atoms with Crippen LogP contribution in [0.3, 0.4) is 0 Å². The number of pyridine rings is 1. The van der Waals surface area contributed by atoms with Crippen LogP contribution in [0.4, 0.5) is 5.82 Å². The van der Waals surface area contributed by atoms with Crippen LogP contribution < -0.4 is 10.2 Å². The van der Waals surface area contributed by atoms with Gasteiger partial charge in [0.15, 0.2) is 0 Å². The van der Waals surface area contributed by atoms with Crippen molar-refractivity contribution in [2.75, 3.05) is 24.5 Å². The van der Waals surface area contributed by atoms with Gasteiger partial charge in [-0.05, 0) is 44.0 Å². The van der Waals surface area contributed by atoms with Crippen molar-refractivity contribution in [1.29, 1.82) is 0 Å². The molecule has 0 unspecified atom stereocenters. The summed E-state index contributed by atoms with van der Waals surface area (Å²) in [6, 6.07) is 4.50. The summed E-state index contributed by atoms with van der Waals surface area (Å²) >= 11 is 0. The van der Waals surface area contributed by atoms with Crippen molar-refractivity contribution >= 4 is 5.82 Å². The van der Waals surface area contributed by atoms with E-state index in [0.717, 1.165) is 38.4 Å². The summed E-state index contributed by atoms with van der Waals surface area (Å²) in [5.74, 6) is 1.13. The summed E-state index contributed by atoms with van der Waals surface area (Å²) in [7, 11) is 0. The molecular weight excluding hydrogens is 258 g/mol. The van der Waals surface area contributed by atoms with Crippen molar-refractivity contribution < 1.29 is 0 Å². The molecule has 0 aliphatic carbocycles. The molecule has 0 saturated heterocycles. The van der Waals surface area contributed by atoms with E-state index in [1.807, 2.05) is 0 Å². The van der Waals surface area contributed by atoms with Crippen molar-refractivity contribution in [1.82, 2.24) is 10.3 Å². The van der Waals surface area contributed by atoms with E-state index in [4.69, 9.17) is 4.98 Å². The van der Waals surface area contributed by atoms with Gasteiger partial charge >= 0.3 is 0 Å². The van der Waals surface area contributed by atoms with Crippen LogP contribution in [-0.2, 0) is 12.0 Å². The molecule has 3 nitrogen and oxygen atoms in total. The predicted molar refractivity (Wildman–Crippen MR) is 93.1 cm³/mol. The van der Waals surface area contributed by atoms with Crippen LogP contribution in [0.5, 0.6) is 0 Å². The highest BCUT2D eigenvalue weighted by Crippen LogP contribution is 2.25. The quantitative estimate of drug-likeness (QED) is 0.730. The average Bonchev–Trinajstić information content (AvgIpc) is 2.44. The van der Waals surface area contributed by atoms with Gasteiger partial charge in [-0.1, -0.05) is 34.6 Å². The fourth-order valence-corrected chi connectivity index (χ4v) is 2.33. The van der Waals surface area contributed by atoms with Crippen molar-refractivity contribution in [2.24, 2.45) is 0 Å². The second-order valence-corrected chi connectivity index (χ2v) is 6.73. The van der Waals surface area contributed by atoms with Crippen molar-refractivity contribution in [2.45, 2.75) is 66.3 Å². The standard InChI is InChI=1S/C18H33N3/c1-7-10-19-14-15-12-16(18(4,5)6)20-17(13-15)21(9-3)11-8-2/h12-13,19H,7-11,14H2,1-6H3. The van der Waals surface area contributed by atoms with Gasteiger partial charge in [0.1, 0.15) is 5.82 Å². The zero-order chi connectivity index (χ0) is 15.9. The lowest BCUT2D eigenvalue weighted by Crippen LogP contribution is -2.26. The van der Waals surface area contributed by atoms with Crippen LogP contribution in [0, 0.1) is 0 Å². The van der Waals surface area contributed by atoms with Crippen LogP contribution in [-0.4, -0.2) is 24.6 Å². The highest BCUT2D eigenvalue weighted by molar-refractivity contribution is 5.44. The molecule has 0 radical (unpaired) electrons. The van der Waals surface area contributed by atoms with Gasteiger partial charge in [-0.15, -0.1) is 0 Å². The molecule has 0 spiro atoms. The molecule has 1 aromatic heterocycles. The van der Waals surface area contributed by atoms with Gasteiger partial charge in [-0.25, -0.2) is 4.98 Å². The molecule has 0 saturated carbocycles. The molecule has 0 atom stereocenters. The van der Waals surface area contributed by atoms with E-state index in [0.29, 0.717) is 0 Å². The van der Waals surface area contributed by atoms with Crippen LogP contribution >= 0.6 is 0 Å². The summed E-state index contributed by atoms with van der Waals surface area (Å²) in [4.78, 5) is 7.29. The fraction of sp³-hybridized carbons (Fsp3) is 0.722. The van der Waals surface area contributed by atoms with E-state index >= 15 is 0 Å². The van der Waals surface area contributed by atoms with Crippen LogP contribution in [0.15, 0.2) is 12.1 Å². The molecule has 0 amide bonds. The molecule has 21 heavy (non-hydrogen) atoms. The van der Waals surface area contributed by atoms with Crippen molar-refractivity contribution in [3.63, 3.8) is 0 Å². The fourth-order valence-electron chi connectivity index (χ4n) is 2.33. The van der Waals surface area contributed by atoms with Gasteiger partial charge in [0.2, 0.25) is 0 Å². The van der Waals surface area contributed by atoms with E-state index in [-0.39, 0.29) is 5.41 Å². The summed E-state index contributed by atoms with van der Waals surface area (Å²) in [6.45, 7) is 17.4. The normalized spacial score (nSPS) is 11.7. The molecular formula is C18H33N3. The minimum Gasteiger partial charge on any atom is -0.357 e. The first-order valence-corrected chi connectivity index (χ1v) is 8.39. The van der Waals surface area contributed by atoms with Gasteiger partial charge in [0.05, 0.1) is 0 Å². The van der Waals surface area contributed by atoms with Gasteiger partial charge in [0, 0.05) is 30.7 Å². The van der Waals surface area contributed by atoms with Crippen molar-refractivity contribution in [3.05, 3.63) is 23.4 Å². The second-order valence-electron chi connectivity index (χ2n) is 6.73. The summed E-state index contributed by atoms with van der Waals surface area (Å²) < 4.78 is 0. The summed E-state index contributed by atoms with van der Waals surface area (Å²) in [6.07, 6.45) is 2.32. The number of nitrogens with one attached hydrogen (secondary N) is 1. The van der Waals surface area contributed by atoms with Gasteiger partial charge in [0.25, 0.3) is 0 Å². The molecule has 1 rings (SSSR count). The van der Waals surface area contributed by atoms with E-state index in [2.05, 4.69) is 63.9 Å². The smallest absolute Gasteiger partial charge is 0.129 e. The third-order valence-electron chi connectivity index (χ3n) is 3.60. The van der Waals surface area contributed by atoms with Gasteiger partial charge < -0.3 is 10.2 Å². The zero-order valence-electron chi connectivity index (χ0n) is 14.8. The largest absolute Gasteiger partial charge is 0.357 e. The number of aromatic nitrogens is 1. The minimum atomic E-state index is 0.0845. The molecule has 1 aromatic rings. The third kappa shape index (κ3) is 5.66. The highest BCUT2D eigenvalue weighted by Gasteiger charge is 2.18. The molecule has 0 aliphatic rings. The van der Waals surface area contributed by atoms with E-state index in [1.165, 1.54) is 17.7 Å². The Bertz CT molecular complexity index is 421. The highest BCUT2D eigenvalue weighted by atomic mass is 15.2. The minimum absolute atomic E-state index is 0.0845. The number of hydrogen-bond donors (Lipinski definition) is 1. The SMILES string of the molecule is CCCNCc1cc(N(CC)CCC)nc(C(C)(C)C)c1. The average molecular weight is 291 g/mol. The lowest BCUT2D eigenvalue weighted by Gasteiger charge is -2.26.